The quantitative estimate of drug-likeness (QED) is 0.601. The van der Waals surface area contributed by atoms with Gasteiger partial charge in [-0.15, -0.1) is 0 Å². The largest absolute Gasteiger partial charge is 0.497 e. The molecule has 1 amide bonds. The van der Waals surface area contributed by atoms with E-state index < -0.39 is 0 Å². The summed E-state index contributed by atoms with van der Waals surface area (Å²) in [5.74, 6) is 1.06. The second-order valence-electron chi connectivity index (χ2n) is 5.63. The topological polar surface area (TPSA) is 77.2 Å². The van der Waals surface area contributed by atoms with Crippen LogP contribution in [0.4, 0.5) is 5.69 Å². The van der Waals surface area contributed by atoms with Crippen molar-refractivity contribution < 1.29 is 13.9 Å². The van der Waals surface area contributed by atoms with E-state index in [0.717, 1.165) is 11.3 Å². The molecule has 2 aromatic heterocycles. The standard InChI is InChI=1S/C20H15N3O3/c1-25-16-7-4-13(5-8-16)20-23-17-11-15(6-9-18(17)26-20)22-19(24)14-3-2-10-21-12-14/h2-12H,1H3,(H,22,24). The number of rotatable bonds is 4. The summed E-state index contributed by atoms with van der Waals surface area (Å²) in [6.45, 7) is 0. The van der Waals surface area contributed by atoms with Crippen molar-refractivity contribution in [1.82, 2.24) is 9.97 Å². The SMILES string of the molecule is COc1ccc(-c2nc3cc(NC(=O)c4cccnc4)ccc3o2)cc1. The van der Waals surface area contributed by atoms with Gasteiger partial charge in [0.2, 0.25) is 5.89 Å². The molecule has 0 aliphatic rings. The van der Waals surface area contributed by atoms with Gasteiger partial charge in [-0.1, -0.05) is 0 Å². The van der Waals surface area contributed by atoms with E-state index in [9.17, 15) is 4.79 Å². The van der Waals surface area contributed by atoms with Gasteiger partial charge in [-0.25, -0.2) is 4.98 Å². The van der Waals surface area contributed by atoms with Crippen molar-refractivity contribution in [2.24, 2.45) is 0 Å². The molecule has 4 aromatic rings. The zero-order chi connectivity index (χ0) is 17.9. The third kappa shape index (κ3) is 3.12. The molecule has 2 heterocycles. The summed E-state index contributed by atoms with van der Waals surface area (Å²) in [5, 5.41) is 2.84. The summed E-state index contributed by atoms with van der Waals surface area (Å²) < 4.78 is 11.0. The van der Waals surface area contributed by atoms with Crippen LogP contribution in [0.2, 0.25) is 0 Å². The van der Waals surface area contributed by atoms with Gasteiger partial charge in [-0.05, 0) is 54.6 Å². The number of fused-ring (bicyclic) bond motifs is 1. The maximum absolute atomic E-state index is 12.2. The van der Waals surface area contributed by atoms with E-state index in [1.807, 2.05) is 24.3 Å². The van der Waals surface area contributed by atoms with Crippen LogP contribution in [0.3, 0.4) is 0 Å². The lowest BCUT2D eigenvalue weighted by Crippen LogP contribution is -2.11. The Hall–Kier alpha value is -3.67. The number of carbonyl (C=O) groups excluding carboxylic acids is 1. The zero-order valence-electron chi connectivity index (χ0n) is 14.0. The maximum Gasteiger partial charge on any atom is 0.257 e. The highest BCUT2D eigenvalue weighted by Gasteiger charge is 2.11. The maximum atomic E-state index is 12.2. The second kappa shape index (κ2) is 6.68. The second-order valence-corrected chi connectivity index (χ2v) is 5.63. The average molecular weight is 345 g/mol. The molecule has 6 heteroatoms. The molecule has 0 saturated carbocycles. The highest BCUT2D eigenvalue weighted by molar-refractivity contribution is 6.04. The number of nitrogens with zero attached hydrogens (tertiary/aromatic N) is 2. The molecule has 0 saturated heterocycles. The van der Waals surface area contributed by atoms with Gasteiger partial charge in [0.1, 0.15) is 11.3 Å². The molecule has 0 aliphatic heterocycles. The Morgan fingerprint density at radius 1 is 1.12 bits per heavy atom. The molecule has 2 aromatic carbocycles. The minimum Gasteiger partial charge on any atom is -0.497 e. The van der Waals surface area contributed by atoms with Gasteiger partial charge in [-0.2, -0.15) is 0 Å². The van der Waals surface area contributed by atoms with Crippen LogP contribution in [-0.4, -0.2) is 23.0 Å². The fourth-order valence-corrected chi connectivity index (χ4v) is 2.56. The molecule has 0 atom stereocenters. The Balaban J connectivity index is 1.60. The number of carbonyl (C=O) groups is 1. The number of aromatic nitrogens is 2. The van der Waals surface area contributed by atoms with Crippen LogP contribution >= 0.6 is 0 Å². The Bertz CT molecular complexity index is 1060. The molecule has 0 aliphatic carbocycles. The minimum absolute atomic E-state index is 0.226. The monoisotopic (exact) mass is 345 g/mol. The van der Waals surface area contributed by atoms with Crippen LogP contribution in [-0.2, 0) is 0 Å². The van der Waals surface area contributed by atoms with Crippen molar-refractivity contribution >= 4 is 22.7 Å². The van der Waals surface area contributed by atoms with E-state index in [-0.39, 0.29) is 5.91 Å². The van der Waals surface area contributed by atoms with Gasteiger partial charge in [0, 0.05) is 23.6 Å². The van der Waals surface area contributed by atoms with Crippen molar-refractivity contribution in [3.05, 3.63) is 72.6 Å². The first kappa shape index (κ1) is 15.8. The minimum atomic E-state index is -0.226. The lowest BCUT2D eigenvalue weighted by molar-refractivity contribution is 0.102. The van der Waals surface area contributed by atoms with E-state index in [2.05, 4.69) is 15.3 Å². The Morgan fingerprint density at radius 3 is 2.69 bits per heavy atom. The number of hydrogen-bond acceptors (Lipinski definition) is 5. The summed E-state index contributed by atoms with van der Waals surface area (Å²) in [5.41, 5.74) is 3.30. The van der Waals surface area contributed by atoms with Gasteiger partial charge in [0.25, 0.3) is 5.91 Å². The van der Waals surface area contributed by atoms with Gasteiger partial charge < -0.3 is 14.5 Å². The van der Waals surface area contributed by atoms with Gasteiger partial charge >= 0.3 is 0 Å². The summed E-state index contributed by atoms with van der Waals surface area (Å²) in [6, 6.07) is 16.2. The first-order valence-corrected chi connectivity index (χ1v) is 7.99. The molecule has 128 valence electrons. The van der Waals surface area contributed by atoms with E-state index >= 15 is 0 Å². The molecular formula is C20H15N3O3. The molecule has 0 spiro atoms. The predicted octanol–water partition coefficient (Wildman–Crippen LogP) is 4.15. The number of oxazole rings is 1. The Kier molecular flexibility index (Phi) is 4.07. The predicted molar refractivity (Wildman–Crippen MR) is 98.2 cm³/mol. The molecule has 0 bridgehead atoms. The van der Waals surface area contributed by atoms with Gasteiger partial charge in [-0.3, -0.25) is 9.78 Å². The normalized spacial score (nSPS) is 10.7. The molecule has 0 radical (unpaired) electrons. The average Bonchev–Trinajstić information content (AvgIpc) is 3.12. The first-order chi connectivity index (χ1) is 12.7. The van der Waals surface area contributed by atoms with Crippen LogP contribution in [0.15, 0.2) is 71.4 Å². The molecule has 4 rings (SSSR count). The Labute approximate surface area is 149 Å². The van der Waals surface area contributed by atoms with E-state index in [1.54, 1.807) is 43.6 Å². The third-order valence-corrected chi connectivity index (χ3v) is 3.91. The molecule has 6 nitrogen and oxygen atoms in total. The van der Waals surface area contributed by atoms with Crippen LogP contribution < -0.4 is 10.1 Å². The van der Waals surface area contributed by atoms with E-state index in [1.165, 1.54) is 6.20 Å². The van der Waals surface area contributed by atoms with Crippen LogP contribution in [0, 0.1) is 0 Å². The van der Waals surface area contributed by atoms with Crippen molar-refractivity contribution in [2.45, 2.75) is 0 Å². The summed E-state index contributed by atoms with van der Waals surface area (Å²) in [4.78, 5) is 20.7. The van der Waals surface area contributed by atoms with Crippen molar-refractivity contribution in [3.63, 3.8) is 0 Å². The number of pyridine rings is 1. The number of hydrogen-bond donors (Lipinski definition) is 1. The lowest BCUT2D eigenvalue weighted by Gasteiger charge is -2.04. The number of amides is 1. The fraction of sp³-hybridized carbons (Fsp3) is 0.0500. The van der Waals surface area contributed by atoms with E-state index in [4.69, 9.17) is 9.15 Å². The Morgan fingerprint density at radius 2 is 1.96 bits per heavy atom. The van der Waals surface area contributed by atoms with Crippen LogP contribution in [0.5, 0.6) is 5.75 Å². The molecule has 26 heavy (non-hydrogen) atoms. The highest BCUT2D eigenvalue weighted by atomic mass is 16.5. The molecule has 0 fully saturated rings. The van der Waals surface area contributed by atoms with Crippen LogP contribution in [0.1, 0.15) is 10.4 Å². The summed E-state index contributed by atoms with van der Waals surface area (Å²) in [6.07, 6.45) is 3.14. The zero-order valence-corrected chi connectivity index (χ0v) is 14.0. The van der Waals surface area contributed by atoms with Crippen molar-refractivity contribution in [1.29, 1.82) is 0 Å². The van der Waals surface area contributed by atoms with Crippen molar-refractivity contribution in [2.75, 3.05) is 12.4 Å². The van der Waals surface area contributed by atoms with Gasteiger partial charge in [0.15, 0.2) is 5.58 Å². The number of anilines is 1. The molecular weight excluding hydrogens is 330 g/mol. The van der Waals surface area contributed by atoms with E-state index in [0.29, 0.717) is 28.2 Å². The smallest absolute Gasteiger partial charge is 0.257 e. The summed E-state index contributed by atoms with van der Waals surface area (Å²) in [7, 11) is 1.62. The lowest BCUT2D eigenvalue weighted by atomic mass is 10.2. The number of ether oxygens (including phenoxy) is 1. The van der Waals surface area contributed by atoms with Crippen molar-refractivity contribution in [3.8, 4) is 17.2 Å². The van der Waals surface area contributed by atoms with Crippen LogP contribution in [0.25, 0.3) is 22.6 Å². The first-order valence-electron chi connectivity index (χ1n) is 7.99. The molecule has 0 unspecified atom stereocenters. The number of methoxy groups -OCH3 is 1. The van der Waals surface area contributed by atoms with Gasteiger partial charge in [0.05, 0.1) is 12.7 Å². The third-order valence-electron chi connectivity index (χ3n) is 3.91. The molecule has 1 N–H and O–H groups in total. The number of benzene rings is 2. The number of nitrogens with one attached hydrogen (secondary N) is 1. The fourth-order valence-electron chi connectivity index (χ4n) is 2.56. The highest BCUT2D eigenvalue weighted by Crippen LogP contribution is 2.27. The summed E-state index contributed by atoms with van der Waals surface area (Å²) >= 11 is 0.